The molecule has 0 saturated carbocycles. The molecule has 0 bridgehead atoms. The monoisotopic (exact) mass is 213 g/mol. The number of rotatable bonds is 8. The number of nitrogens with two attached hydrogens (primary N) is 1. The van der Waals surface area contributed by atoms with E-state index in [2.05, 4.69) is 6.92 Å². The second-order valence-electron chi connectivity index (χ2n) is 4.19. The molecule has 0 fully saturated rings. The van der Waals surface area contributed by atoms with Crippen LogP contribution in [-0.4, -0.2) is 18.1 Å². The highest BCUT2D eigenvalue weighted by Crippen LogP contribution is 2.31. The number of hydrogen-bond acceptors (Lipinski definition) is 3. The fourth-order valence-electron chi connectivity index (χ4n) is 2.00. The predicted molar refractivity (Wildman–Crippen MR) is 61.6 cm³/mol. The van der Waals surface area contributed by atoms with Crippen LogP contribution in [0, 0.1) is 5.41 Å². The summed E-state index contributed by atoms with van der Waals surface area (Å²) in [5.74, 6) is -0.0619. The largest absolute Gasteiger partial charge is 0.330 e. The van der Waals surface area contributed by atoms with Crippen LogP contribution in [0.1, 0.15) is 52.9 Å². The Kier molecular flexibility index (Phi) is 6.41. The van der Waals surface area contributed by atoms with Crippen LogP contribution in [0.4, 0.5) is 0 Å². The summed E-state index contributed by atoms with van der Waals surface area (Å²) >= 11 is 0. The summed E-state index contributed by atoms with van der Waals surface area (Å²) in [6.07, 6.45) is 4.22. The average Bonchev–Trinajstić information content (AvgIpc) is 2.15. The van der Waals surface area contributed by atoms with Gasteiger partial charge >= 0.3 is 0 Å². The van der Waals surface area contributed by atoms with Gasteiger partial charge in [-0.25, -0.2) is 0 Å². The highest BCUT2D eigenvalue weighted by molar-refractivity contribution is 6.05. The molecule has 0 unspecified atom stereocenters. The minimum Gasteiger partial charge on any atom is -0.330 e. The molecule has 0 aromatic heterocycles. The van der Waals surface area contributed by atoms with Crippen molar-refractivity contribution in [1.29, 1.82) is 0 Å². The van der Waals surface area contributed by atoms with Crippen molar-refractivity contribution in [3.8, 4) is 0 Å². The van der Waals surface area contributed by atoms with Crippen molar-refractivity contribution >= 4 is 11.6 Å². The SMILES string of the molecule is CCCCCC(CCN)(C(C)=O)C(C)=O. The van der Waals surface area contributed by atoms with Crippen LogP contribution in [0.2, 0.25) is 0 Å². The number of Topliss-reactive ketones (excluding diaryl/α,β-unsaturated/α-hetero) is 2. The molecule has 0 rings (SSSR count). The molecular weight excluding hydrogens is 190 g/mol. The van der Waals surface area contributed by atoms with E-state index < -0.39 is 5.41 Å². The van der Waals surface area contributed by atoms with Gasteiger partial charge in [0.25, 0.3) is 0 Å². The molecule has 3 heteroatoms. The van der Waals surface area contributed by atoms with Gasteiger partial charge in [-0.1, -0.05) is 26.2 Å². The number of ketones is 2. The summed E-state index contributed by atoms with van der Waals surface area (Å²) in [5.41, 5.74) is 4.69. The van der Waals surface area contributed by atoms with Gasteiger partial charge in [0.1, 0.15) is 11.6 Å². The average molecular weight is 213 g/mol. The van der Waals surface area contributed by atoms with E-state index in [1.807, 2.05) is 0 Å². The summed E-state index contributed by atoms with van der Waals surface area (Å²) in [7, 11) is 0. The lowest BCUT2D eigenvalue weighted by Gasteiger charge is -2.28. The smallest absolute Gasteiger partial charge is 0.143 e. The highest BCUT2D eigenvalue weighted by Gasteiger charge is 2.38. The van der Waals surface area contributed by atoms with Gasteiger partial charge in [-0.05, 0) is 33.2 Å². The number of carbonyl (C=O) groups excluding carboxylic acids is 2. The summed E-state index contributed by atoms with van der Waals surface area (Å²) in [6.45, 7) is 5.50. The van der Waals surface area contributed by atoms with Gasteiger partial charge in [0, 0.05) is 0 Å². The molecule has 0 radical (unpaired) electrons. The van der Waals surface area contributed by atoms with Crippen molar-refractivity contribution < 1.29 is 9.59 Å². The molecular formula is C12H23NO2. The van der Waals surface area contributed by atoms with E-state index in [9.17, 15) is 9.59 Å². The van der Waals surface area contributed by atoms with Gasteiger partial charge in [-0.2, -0.15) is 0 Å². The number of unbranched alkanes of at least 4 members (excludes halogenated alkanes) is 2. The lowest BCUT2D eigenvalue weighted by Crippen LogP contribution is -2.38. The molecule has 0 aromatic carbocycles. The van der Waals surface area contributed by atoms with Crippen molar-refractivity contribution in [2.75, 3.05) is 6.54 Å². The minimum atomic E-state index is -0.802. The van der Waals surface area contributed by atoms with Crippen LogP contribution in [0.5, 0.6) is 0 Å². The summed E-state index contributed by atoms with van der Waals surface area (Å²) in [6, 6.07) is 0. The predicted octanol–water partition coefficient (Wildman–Crippen LogP) is 2.08. The van der Waals surface area contributed by atoms with E-state index in [0.29, 0.717) is 19.4 Å². The van der Waals surface area contributed by atoms with Gasteiger partial charge in [0.15, 0.2) is 0 Å². The van der Waals surface area contributed by atoms with E-state index in [0.717, 1.165) is 19.3 Å². The second-order valence-corrected chi connectivity index (χ2v) is 4.19. The van der Waals surface area contributed by atoms with Crippen molar-refractivity contribution in [2.45, 2.75) is 52.9 Å². The first kappa shape index (κ1) is 14.3. The Labute approximate surface area is 92.4 Å². The molecule has 0 amide bonds. The standard InChI is InChI=1S/C12H23NO2/c1-4-5-6-7-12(8-9-13,10(2)14)11(3)15/h4-9,13H2,1-3H3. The molecule has 15 heavy (non-hydrogen) atoms. The minimum absolute atomic E-state index is 0.0310. The van der Waals surface area contributed by atoms with Gasteiger partial charge in [-0.3, -0.25) is 9.59 Å². The third-order valence-corrected chi connectivity index (χ3v) is 3.13. The van der Waals surface area contributed by atoms with Crippen molar-refractivity contribution in [3.05, 3.63) is 0 Å². The molecule has 0 aliphatic carbocycles. The lowest BCUT2D eigenvalue weighted by atomic mass is 9.73. The molecule has 0 spiro atoms. The van der Waals surface area contributed by atoms with E-state index >= 15 is 0 Å². The van der Waals surface area contributed by atoms with E-state index in [4.69, 9.17) is 5.73 Å². The molecule has 0 aliphatic rings. The van der Waals surface area contributed by atoms with Crippen molar-refractivity contribution in [3.63, 3.8) is 0 Å². The molecule has 0 aliphatic heterocycles. The molecule has 0 heterocycles. The van der Waals surface area contributed by atoms with Crippen LogP contribution in [0.3, 0.4) is 0 Å². The summed E-state index contributed by atoms with van der Waals surface area (Å²) < 4.78 is 0. The Morgan fingerprint density at radius 3 is 1.93 bits per heavy atom. The number of hydrogen-bond donors (Lipinski definition) is 1. The zero-order valence-electron chi connectivity index (χ0n) is 10.1. The fraction of sp³-hybridized carbons (Fsp3) is 0.833. The lowest BCUT2D eigenvalue weighted by molar-refractivity contribution is -0.139. The van der Waals surface area contributed by atoms with Gasteiger partial charge < -0.3 is 5.73 Å². The Morgan fingerprint density at radius 2 is 1.60 bits per heavy atom. The van der Waals surface area contributed by atoms with E-state index in [1.54, 1.807) is 0 Å². The van der Waals surface area contributed by atoms with Crippen LogP contribution in [-0.2, 0) is 9.59 Å². The van der Waals surface area contributed by atoms with Crippen molar-refractivity contribution in [1.82, 2.24) is 0 Å². The van der Waals surface area contributed by atoms with Crippen LogP contribution >= 0.6 is 0 Å². The maximum atomic E-state index is 11.6. The molecule has 2 N–H and O–H groups in total. The molecule has 0 aromatic rings. The fourth-order valence-corrected chi connectivity index (χ4v) is 2.00. The van der Waals surface area contributed by atoms with Crippen LogP contribution < -0.4 is 5.73 Å². The third-order valence-electron chi connectivity index (χ3n) is 3.13. The quantitative estimate of drug-likeness (QED) is 0.496. The topological polar surface area (TPSA) is 60.2 Å². The van der Waals surface area contributed by atoms with Gasteiger partial charge in [0.2, 0.25) is 0 Å². The zero-order valence-corrected chi connectivity index (χ0v) is 10.1. The van der Waals surface area contributed by atoms with Gasteiger partial charge in [-0.15, -0.1) is 0 Å². The number of carbonyl (C=O) groups is 2. The second kappa shape index (κ2) is 6.72. The summed E-state index contributed by atoms with van der Waals surface area (Å²) in [5, 5.41) is 0. The Morgan fingerprint density at radius 1 is 1.07 bits per heavy atom. The Balaban J connectivity index is 4.63. The first-order valence-corrected chi connectivity index (χ1v) is 5.73. The third kappa shape index (κ3) is 3.74. The molecule has 0 atom stereocenters. The molecule has 0 saturated heterocycles. The van der Waals surface area contributed by atoms with Crippen LogP contribution in [0.25, 0.3) is 0 Å². The van der Waals surface area contributed by atoms with Gasteiger partial charge in [0.05, 0.1) is 5.41 Å². The van der Waals surface area contributed by atoms with Crippen molar-refractivity contribution in [2.24, 2.45) is 11.1 Å². The van der Waals surface area contributed by atoms with E-state index in [-0.39, 0.29) is 11.6 Å². The summed E-state index contributed by atoms with van der Waals surface area (Å²) in [4.78, 5) is 23.2. The zero-order chi connectivity index (χ0) is 11.9. The maximum Gasteiger partial charge on any atom is 0.143 e. The Hall–Kier alpha value is -0.700. The first-order valence-electron chi connectivity index (χ1n) is 5.73. The maximum absolute atomic E-state index is 11.6. The normalized spacial score (nSPS) is 11.5. The Bertz CT molecular complexity index is 210. The molecule has 88 valence electrons. The molecule has 3 nitrogen and oxygen atoms in total. The van der Waals surface area contributed by atoms with Crippen LogP contribution in [0.15, 0.2) is 0 Å². The van der Waals surface area contributed by atoms with E-state index in [1.165, 1.54) is 13.8 Å². The first-order chi connectivity index (χ1) is 7.01. The highest BCUT2D eigenvalue weighted by atomic mass is 16.2.